The first-order chi connectivity index (χ1) is 5.53. The van der Waals surface area contributed by atoms with Crippen molar-refractivity contribution < 1.29 is 0 Å². The Balaban J connectivity index is 2.90. The SMILES string of the molecule is C#CC1C[PH](C)(S)N(C)C1C#C. The summed E-state index contributed by atoms with van der Waals surface area (Å²) >= 11 is 4.64. The van der Waals surface area contributed by atoms with Gasteiger partial charge in [0.25, 0.3) is 0 Å². The maximum absolute atomic E-state index is 5.41. The van der Waals surface area contributed by atoms with Crippen molar-refractivity contribution in [2.45, 2.75) is 6.04 Å². The molecule has 2 unspecified atom stereocenters. The van der Waals surface area contributed by atoms with Crippen LogP contribution in [-0.2, 0) is 0 Å². The Kier molecular flexibility index (Phi) is 2.74. The zero-order valence-corrected chi connectivity index (χ0v) is 9.31. The minimum atomic E-state index is -1.57. The van der Waals surface area contributed by atoms with Crippen molar-refractivity contribution in [1.29, 1.82) is 0 Å². The van der Waals surface area contributed by atoms with Crippen LogP contribution in [0.5, 0.6) is 0 Å². The fraction of sp³-hybridized carbons (Fsp3) is 0.556. The molecule has 2 atom stereocenters. The second kappa shape index (κ2) is 3.31. The summed E-state index contributed by atoms with van der Waals surface area (Å²) in [7, 11) is 2.03. The molecule has 0 aromatic rings. The number of thiol groups is 1. The van der Waals surface area contributed by atoms with Gasteiger partial charge in [-0.15, -0.1) is 0 Å². The van der Waals surface area contributed by atoms with Gasteiger partial charge in [-0.2, -0.15) is 0 Å². The summed E-state index contributed by atoms with van der Waals surface area (Å²) in [5.74, 6) is 5.70. The van der Waals surface area contributed by atoms with Gasteiger partial charge in [0.1, 0.15) is 0 Å². The van der Waals surface area contributed by atoms with Gasteiger partial charge in [0.05, 0.1) is 0 Å². The van der Waals surface area contributed by atoms with Crippen molar-refractivity contribution >= 4 is 18.9 Å². The molecule has 1 rings (SSSR count). The van der Waals surface area contributed by atoms with Crippen molar-refractivity contribution in [2.24, 2.45) is 5.92 Å². The van der Waals surface area contributed by atoms with Crippen LogP contribution in [-0.4, -0.2) is 30.6 Å². The molecule has 66 valence electrons. The summed E-state index contributed by atoms with van der Waals surface area (Å²) < 4.78 is 2.20. The Hall–Kier alpha value is -0.140. The second-order valence-corrected chi connectivity index (χ2v) is 9.85. The van der Waals surface area contributed by atoms with Crippen LogP contribution < -0.4 is 0 Å². The predicted octanol–water partition coefficient (Wildman–Crippen LogP) is 1.32. The van der Waals surface area contributed by atoms with Gasteiger partial charge in [-0.3, -0.25) is 0 Å². The minimum absolute atomic E-state index is 0.101. The third-order valence-corrected chi connectivity index (χ3v) is 7.05. The molecule has 0 aromatic carbocycles. The average molecular weight is 199 g/mol. The number of hydrogen-bond donors (Lipinski definition) is 1. The van der Waals surface area contributed by atoms with Crippen LogP contribution in [0.1, 0.15) is 0 Å². The van der Waals surface area contributed by atoms with Crippen LogP contribution in [0.4, 0.5) is 0 Å². The van der Waals surface area contributed by atoms with Gasteiger partial charge in [0, 0.05) is 0 Å². The first-order valence-electron chi connectivity index (χ1n) is 3.90. The summed E-state index contributed by atoms with van der Waals surface area (Å²) in [4.78, 5) is 0. The van der Waals surface area contributed by atoms with Crippen LogP contribution in [0, 0.1) is 30.6 Å². The Morgan fingerprint density at radius 2 is 2.08 bits per heavy atom. The Bertz CT molecular complexity index is 261. The van der Waals surface area contributed by atoms with Crippen LogP contribution in [0.15, 0.2) is 0 Å². The van der Waals surface area contributed by atoms with Crippen molar-refractivity contribution in [3.63, 3.8) is 0 Å². The summed E-state index contributed by atoms with van der Waals surface area (Å²) in [6.45, 7) is 0.610. The van der Waals surface area contributed by atoms with Gasteiger partial charge in [0.2, 0.25) is 0 Å². The van der Waals surface area contributed by atoms with Crippen molar-refractivity contribution in [1.82, 2.24) is 4.67 Å². The van der Waals surface area contributed by atoms with E-state index in [1.54, 1.807) is 0 Å². The molecule has 1 nitrogen and oxygen atoms in total. The molecular weight excluding hydrogens is 185 g/mol. The molecule has 0 amide bonds. The van der Waals surface area contributed by atoms with E-state index in [9.17, 15) is 0 Å². The van der Waals surface area contributed by atoms with Gasteiger partial charge >= 0.3 is 80.1 Å². The third-order valence-electron chi connectivity index (χ3n) is 2.55. The summed E-state index contributed by atoms with van der Waals surface area (Å²) in [6.07, 6.45) is 11.8. The third kappa shape index (κ3) is 1.48. The molecule has 12 heavy (non-hydrogen) atoms. The standard InChI is InChI=1S/C9H14NPS/c1-5-8-7-11(4,12)10(3)9(8)6-2/h1-2,8-9,11-12H,7H2,3-4H3. The van der Waals surface area contributed by atoms with E-state index in [1.165, 1.54) is 0 Å². The average Bonchev–Trinajstić information content (AvgIpc) is 2.24. The fourth-order valence-electron chi connectivity index (χ4n) is 1.62. The zero-order chi connectivity index (χ0) is 9.35. The summed E-state index contributed by atoms with van der Waals surface area (Å²) in [6, 6.07) is 0.101. The molecule has 1 fully saturated rings. The molecule has 1 aliphatic rings. The normalized spacial score (nSPS) is 36.8. The van der Waals surface area contributed by atoms with E-state index in [2.05, 4.69) is 35.4 Å². The number of rotatable bonds is 0. The molecule has 3 heteroatoms. The van der Waals surface area contributed by atoms with Gasteiger partial charge in [0.15, 0.2) is 0 Å². The summed E-state index contributed by atoms with van der Waals surface area (Å²) in [5.41, 5.74) is 0. The predicted molar refractivity (Wildman–Crippen MR) is 60.8 cm³/mol. The monoisotopic (exact) mass is 199 g/mol. The number of terminal acetylenes is 2. The molecule has 0 bridgehead atoms. The number of nitrogens with zero attached hydrogens (tertiary/aromatic N) is 1. The molecule has 1 heterocycles. The van der Waals surface area contributed by atoms with Crippen LogP contribution in [0.3, 0.4) is 0 Å². The van der Waals surface area contributed by atoms with Crippen LogP contribution in [0.2, 0.25) is 0 Å². The van der Waals surface area contributed by atoms with E-state index in [4.69, 9.17) is 12.8 Å². The first-order valence-corrected chi connectivity index (χ1v) is 7.85. The molecule has 1 aliphatic heterocycles. The Morgan fingerprint density at radius 1 is 1.50 bits per heavy atom. The molecule has 0 spiro atoms. The molecule has 0 aliphatic carbocycles. The molecule has 0 N–H and O–H groups in total. The van der Waals surface area contributed by atoms with E-state index in [1.807, 2.05) is 7.05 Å². The Labute approximate surface area is 80.5 Å². The topological polar surface area (TPSA) is 3.24 Å². The Morgan fingerprint density at radius 3 is 2.42 bits per heavy atom. The van der Waals surface area contributed by atoms with E-state index in [0.29, 0.717) is 0 Å². The van der Waals surface area contributed by atoms with Crippen LogP contribution in [0.25, 0.3) is 0 Å². The van der Waals surface area contributed by atoms with Gasteiger partial charge in [-0.25, -0.2) is 0 Å². The molecule has 0 saturated carbocycles. The molecule has 0 aromatic heterocycles. The zero-order valence-electron chi connectivity index (χ0n) is 7.41. The molecule has 1 saturated heterocycles. The van der Waals surface area contributed by atoms with E-state index < -0.39 is 6.62 Å². The van der Waals surface area contributed by atoms with E-state index in [0.717, 1.165) is 6.16 Å². The first kappa shape index (κ1) is 9.94. The van der Waals surface area contributed by atoms with E-state index in [-0.39, 0.29) is 12.0 Å². The van der Waals surface area contributed by atoms with Crippen molar-refractivity contribution in [3.05, 3.63) is 0 Å². The van der Waals surface area contributed by atoms with Crippen LogP contribution >= 0.6 is 18.9 Å². The molecular formula is C9H14NPS. The van der Waals surface area contributed by atoms with Crippen molar-refractivity contribution in [2.75, 3.05) is 19.9 Å². The van der Waals surface area contributed by atoms with E-state index >= 15 is 0 Å². The van der Waals surface area contributed by atoms with Gasteiger partial charge in [-0.1, -0.05) is 0 Å². The molecule has 0 radical (unpaired) electrons. The van der Waals surface area contributed by atoms with Gasteiger partial charge in [-0.05, 0) is 0 Å². The van der Waals surface area contributed by atoms with Crippen molar-refractivity contribution in [3.8, 4) is 24.7 Å². The summed E-state index contributed by atoms with van der Waals surface area (Å²) in [5, 5.41) is 0. The quantitative estimate of drug-likeness (QED) is 0.350. The maximum atomic E-state index is 5.41. The fourth-order valence-corrected chi connectivity index (χ4v) is 4.90. The second-order valence-electron chi connectivity index (χ2n) is 3.42. The van der Waals surface area contributed by atoms with Gasteiger partial charge < -0.3 is 0 Å². The number of hydrogen-bond acceptors (Lipinski definition) is 2.